The van der Waals surface area contributed by atoms with Crippen molar-refractivity contribution in [3.05, 3.63) is 0 Å². The highest BCUT2D eigenvalue weighted by atomic mass is 19.1. The van der Waals surface area contributed by atoms with Gasteiger partial charge in [-0.15, -0.1) is 12.3 Å². The van der Waals surface area contributed by atoms with E-state index in [1.165, 1.54) is 0 Å². The van der Waals surface area contributed by atoms with E-state index < -0.39 is 5.67 Å². The number of hydrogen-bond donors (Lipinski definition) is 1. The van der Waals surface area contributed by atoms with Gasteiger partial charge in [-0.1, -0.05) is 13.8 Å². The first-order chi connectivity index (χ1) is 5.06. The molecule has 0 aliphatic heterocycles. The van der Waals surface area contributed by atoms with Crippen LogP contribution in [0.3, 0.4) is 0 Å². The molecule has 0 saturated carbocycles. The average Bonchev–Trinajstić information content (AvgIpc) is 2.00. The second-order valence-electron chi connectivity index (χ2n) is 3.10. The van der Waals surface area contributed by atoms with Gasteiger partial charge in [0.15, 0.2) is 0 Å². The maximum absolute atomic E-state index is 13.6. The fourth-order valence-electron chi connectivity index (χ4n) is 0.906. The van der Waals surface area contributed by atoms with Crippen LogP contribution in [0.25, 0.3) is 0 Å². The van der Waals surface area contributed by atoms with Gasteiger partial charge in [-0.25, -0.2) is 4.39 Å². The Morgan fingerprint density at radius 3 is 2.45 bits per heavy atom. The molecule has 0 aliphatic carbocycles. The third kappa shape index (κ3) is 2.90. The summed E-state index contributed by atoms with van der Waals surface area (Å²) in [4.78, 5) is 0. The van der Waals surface area contributed by atoms with Gasteiger partial charge in [-0.05, 0) is 12.3 Å². The highest BCUT2D eigenvalue weighted by Gasteiger charge is 2.30. The maximum atomic E-state index is 13.6. The standard InChI is InChI=1S/C9H16FN/c1-4-5-6-9(10,7-11)8(2)3/h1,8H,5-7,11H2,2-3H3. The Morgan fingerprint density at radius 1 is 1.64 bits per heavy atom. The molecule has 0 aliphatic rings. The van der Waals surface area contributed by atoms with Gasteiger partial charge in [0.05, 0.1) is 0 Å². The summed E-state index contributed by atoms with van der Waals surface area (Å²) in [6, 6.07) is 0. The minimum atomic E-state index is -1.27. The van der Waals surface area contributed by atoms with Gasteiger partial charge in [0.25, 0.3) is 0 Å². The molecule has 11 heavy (non-hydrogen) atoms. The van der Waals surface area contributed by atoms with Crippen molar-refractivity contribution in [1.29, 1.82) is 0 Å². The zero-order valence-electron chi connectivity index (χ0n) is 7.23. The van der Waals surface area contributed by atoms with Crippen LogP contribution in [-0.4, -0.2) is 12.2 Å². The molecule has 0 saturated heterocycles. The van der Waals surface area contributed by atoms with Crippen molar-refractivity contribution in [2.45, 2.75) is 32.4 Å². The van der Waals surface area contributed by atoms with Crippen molar-refractivity contribution in [3.8, 4) is 12.3 Å². The van der Waals surface area contributed by atoms with Crippen LogP contribution in [0.2, 0.25) is 0 Å². The molecule has 2 N–H and O–H groups in total. The molecule has 0 aromatic rings. The number of terminal acetylenes is 1. The molecular formula is C9H16FN. The molecule has 1 nitrogen and oxygen atoms in total. The first-order valence-corrected chi connectivity index (χ1v) is 3.89. The molecule has 0 heterocycles. The van der Waals surface area contributed by atoms with E-state index in [0.717, 1.165) is 0 Å². The quantitative estimate of drug-likeness (QED) is 0.618. The van der Waals surface area contributed by atoms with Gasteiger partial charge in [0, 0.05) is 13.0 Å². The van der Waals surface area contributed by atoms with Crippen molar-refractivity contribution in [2.75, 3.05) is 6.54 Å². The van der Waals surface area contributed by atoms with E-state index >= 15 is 0 Å². The van der Waals surface area contributed by atoms with Crippen molar-refractivity contribution in [1.82, 2.24) is 0 Å². The van der Waals surface area contributed by atoms with Crippen LogP contribution < -0.4 is 5.73 Å². The van der Waals surface area contributed by atoms with Crippen LogP contribution in [0.15, 0.2) is 0 Å². The van der Waals surface area contributed by atoms with Crippen LogP contribution >= 0.6 is 0 Å². The number of hydrogen-bond acceptors (Lipinski definition) is 1. The van der Waals surface area contributed by atoms with E-state index in [1.54, 1.807) is 0 Å². The second-order valence-corrected chi connectivity index (χ2v) is 3.10. The lowest BCUT2D eigenvalue weighted by Crippen LogP contribution is -2.38. The minimum absolute atomic E-state index is 0.0548. The van der Waals surface area contributed by atoms with Gasteiger partial charge in [-0.2, -0.15) is 0 Å². The maximum Gasteiger partial charge on any atom is 0.126 e. The molecule has 0 aromatic carbocycles. The minimum Gasteiger partial charge on any atom is -0.328 e. The fraction of sp³-hybridized carbons (Fsp3) is 0.778. The molecule has 0 aromatic heterocycles. The summed E-state index contributed by atoms with van der Waals surface area (Å²) in [6.07, 6.45) is 5.87. The lowest BCUT2D eigenvalue weighted by atomic mass is 9.88. The summed E-state index contributed by atoms with van der Waals surface area (Å²) >= 11 is 0. The molecule has 0 spiro atoms. The van der Waals surface area contributed by atoms with Crippen LogP contribution in [0, 0.1) is 18.3 Å². The second kappa shape index (κ2) is 4.35. The van der Waals surface area contributed by atoms with E-state index in [0.29, 0.717) is 12.8 Å². The van der Waals surface area contributed by atoms with Crippen LogP contribution in [0.5, 0.6) is 0 Å². The average molecular weight is 157 g/mol. The lowest BCUT2D eigenvalue weighted by Gasteiger charge is -2.26. The van der Waals surface area contributed by atoms with Gasteiger partial charge >= 0.3 is 0 Å². The number of rotatable bonds is 4. The van der Waals surface area contributed by atoms with Crippen LogP contribution in [0.1, 0.15) is 26.7 Å². The van der Waals surface area contributed by atoms with Crippen molar-refractivity contribution in [2.24, 2.45) is 11.7 Å². The normalized spacial score (nSPS) is 16.0. The number of halogens is 1. The largest absolute Gasteiger partial charge is 0.328 e. The van der Waals surface area contributed by atoms with Crippen molar-refractivity contribution in [3.63, 3.8) is 0 Å². The molecule has 2 heteroatoms. The third-order valence-electron chi connectivity index (χ3n) is 2.06. The molecule has 0 amide bonds. The van der Waals surface area contributed by atoms with Crippen LogP contribution in [0.4, 0.5) is 4.39 Å². The van der Waals surface area contributed by atoms with E-state index in [2.05, 4.69) is 5.92 Å². The third-order valence-corrected chi connectivity index (χ3v) is 2.06. The Bertz CT molecular complexity index is 148. The van der Waals surface area contributed by atoms with Gasteiger partial charge < -0.3 is 5.73 Å². The Balaban J connectivity index is 4.01. The number of nitrogens with two attached hydrogens (primary N) is 1. The van der Waals surface area contributed by atoms with E-state index in [1.807, 2.05) is 13.8 Å². The summed E-state index contributed by atoms with van der Waals surface area (Å²) in [5.74, 6) is 2.36. The molecule has 0 rings (SSSR count). The monoisotopic (exact) mass is 157 g/mol. The Kier molecular flexibility index (Phi) is 4.14. The number of alkyl halides is 1. The highest BCUT2D eigenvalue weighted by molar-refractivity contribution is 4.91. The zero-order valence-corrected chi connectivity index (χ0v) is 7.23. The molecule has 64 valence electrons. The molecule has 0 fully saturated rings. The first-order valence-electron chi connectivity index (χ1n) is 3.89. The predicted molar refractivity (Wildman–Crippen MR) is 45.8 cm³/mol. The highest BCUT2D eigenvalue weighted by Crippen LogP contribution is 2.25. The van der Waals surface area contributed by atoms with Crippen LogP contribution in [-0.2, 0) is 0 Å². The van der Waals surface area contributed by atoms with Gasteiger partial charge in [0.1, 0.15) is 5.67 Å². The SMILES string of the molecule is C#CCCC(F)(CN)C(C)C. The smallest absolute Gasteiger partial charge is 0.126 e. The summed E-state index contributed by atoms with van der Waals surface area (Å²) in [5.41, 5.74) is 4.03. The van der Waals surface area contributed by atoms with Crippen molar-refractivity contribution < 1.29 is 4.39 Å². The van der Waals surface area contributed by atoms with Gasteiger partial charge in [-0.3, -0.25) is 0 Å². The Morgan fingerprint density at radius 2 is 2.18 bits per heavy atom. The van der Waals surface area contributed by atoms with Crippen molar-refractivity contribution >= 4 is 0 Å². The topological polar surface area (TPSA) is 26.0 Å². The summed E-state index contributed by atoms with van der Waals surface area (Å²) < 4.78 is 13.6. The zero-order chi connectivity index (χ0) is 8.91. The molecule has 1 unspecified atom stereocenters. The molecule has 0 bridgehead atoms. The molecule has 0 radical (unpaired) electrons. The van der Waals surface area contributed by atoms with Gasteiger partial charge in [0.2, 0.25) is 0 Å². The molecule has 1 atom stereocenters. The van der Waals surface area contributed by atoms with E-state index in [4.69, 9.17) is 12.2 Å². The predicted octanol–water partition coefficient (Wildman–Crippen LogP) is 1.72. The lowest BCUT2D eigenvalue weighted by molar-refractivity contribution is 0.101. The Labute approximate surface area is 68.2 Å². The summed E-state index contributed by atoms with van der Waals surface area (Å²) in [5, 5.41) is 0. The Hall–Kier alpha value is -0.550. The summed E-state index contributed by atoms with van der Waals surface area (Å²) in [6.45, 7) is 3.71. The van der Waals surface area contributed by atoms with E-state index in [9.17, 15) is 4.39 Å². The fourth-order valence-corrected chi connectivity index (χ4v) is 0.906. The molecular weight excluding hydrogens is 141 g/mol. The van der Waals surface area contributed by atoms with E-state index in [-0.39, 0.29) is 12.5 Å². The first kappa shape index (κ1) is 10.4. The summed E-state index contributed by atoms with van der Waals surface area (Å²) in [7, 11) is 0.